The number of amides is 1. The molecule has 2 N–H and O–H groups in total. The van der Waals surface area contributed by atoms with Crippen molar-refractivity contribution in [3.05, 3.63) is 0 Å². The zero-order valence-corrected chi connectivity index (χ0v) is 9.43. The van der Waals surface area contributed by atoms with Crippen LogP contribution >= 0.6 is 0 Å². The summed E-state index contributed by atoms with van der Waals surface area (Å²) in [5.74, 6) is 0.0925. The Hall–Kier alpha value is -0.610. The van der Waals surface area contributed by atoms with Crippen LogP contribution in [0.1, 0.15) is 26.7 Å². The minimum Gasteiger partial charge on any atom is -0.383 e. The van der Waals surface area contributed by atoms with Gasteiger partial charge in [-0.15, -0.1) is 0 Å². The molecule has 1 atom stereocenters. The summed E-state index contributed by atoms with van der Waals surface area (Å²) >= 11 is 0. The molecule has 0 saturated carbocycles. The molecule has 0 aromatic rings. The third-order valence-electron chi connectivity index (χ3n) is 2.00. The molecule has 0 spiro atoms. The molecular weight excluding hydrogens is 180 g/mol. The Labute approximate surface area is 86.4 Å². The lowest BCUT2D eigenvalue weighted by Crippen LogP contribution is -2.38. The summed E-state index contributed by atoms with van der Waals surface area (Å²) in [7, 11) is 1.65. The number of carbonyl (C=O) groups is 1. The Morgan fingerprint density at radius 2 is 2.14 bits per heavy atom. The third-order valence-corrected chi connectivity index (χ3v) is 2.00. The molecule has 0 saturated heterocycles. The van der Waals surface area contributed by atoms with Gasteiger partial charge in [-0.05, 0) is 13.0 Å². The quantitative estimate of drug-likeness (QED) is 0.564. The Morgan fingerprint density at radius 3 is 2.64 bits per heavy atom. The highest BCUT2D eigenvalue weighted by atomic mass is 16.5. The van der Waals surface area contributed by atoms with Crippen molar-refractivity contribution in [1.29, 1.82) is 0 Å². The Bertz CT molecular complexity index is 151. The first-order valence-corrected chi connectivity index (χ1v) is 5.23. The molecule has 4 nitrogen and oxygen atoms in total. The van der Waals surface area contributed by atoms with Crippen LogP contribution in [0.25, 0.3) is 0 Å². The lowest BCUT2D eigenvalue weighted by Gasteiger charge is -2.15. The van der Waals surface area contributed by atoms with Gasteiger partial charge in [0.2, 0.25) is 5.91 Å². The van der Waals surface area contributed by atoms with E-state index in [4.69, 9.17) is 4.74 Å². The van der Waals surface area contributed by atoms with E-state index >= 15 is 0 Å². The zero-order chi connectivity index (χ0) is 10.8. The fourth-order valence-corrected chi connectivity index (χ4v) is 1.14. The van der Waals surface area contributed by atoms with Crippen LogP contribution in [-0.2, 0) is 9.53 Å². The van der Waals surface area contributed by atoms with Crippen LogP contribution in [0.5, 0.6) is 0 Å². The lowest BCUT2D eigenvalue weighted by atomic mass is 10.2. The fourth-order valence-electron chi connectivity index (χ4n) is 1.14. The minimum atomic E-state index is 0.0925. The summed E-state index contributed by atoms with van der Waals surface area (Å²) in [5, 5.41) is 6.03. The van der Waals surface area contributed by atoms with Crippen LogP contribution < -0.4 is 10.6 Å². The van der Waals surface area contributed by atoms with Crippen molar-refractivity contribution < 1.29 is 9.53 Å². The molecule has 4 heteroatoms. The summed E-state index contributed by atoms with van der Waals surface area (Å²) < 4.78 is 4.99. The van der Waals surface area contributed by atoms with Gasteiger partial charge in [0.15, 0.2) is 0 Å². The van der Waals surface area contributed by atoms with E-state index in [1.54, 1.807) is 7.11 Å². The molecule has 0 aromatic carbocycles. The van der Waals surface area contributed by atoms with E-state index < -0.39 is 0 Å². The smallest absolute Gasteiger partial charge is 0.221 e. The maximum Gasteiger partial charge on any atom is 0.221 e. The van der Waals surface area contributed by atoms with Gasteiger partial charge in [0.05, 0.1) is 12.6 Å². The van der Waals surface area contributed by atoms with Crippen molar-refractivity contribution >= 4 is 5.91 Å². The van der Waals surface area contributed by atoms with Gasteiger partial charge in [-0.1, -0.05) is 13.8 Å². The van der Waals surface area contributed by atoms with Gasteiger partial charge < -0.3 is 15.4 Å². The molecule has 0 aliphatic carbocycles. The number of ether oxygens (including phenoxy) is 1. The van der Waals surface area contributed by atoms with Gasteiger partial charge >= 0.3 is 0 Å². The third kappa shape index (κ3) is 6.86. The molecule has 0 aliphatic heterocycles. The number of hydrogen-bond acceptors (Lipinski definition) is 3. The molecule has 1 unspecified atom stereocenters. The van der Waals surface area contributed by atoms with Crippen molar-refractivity contribution in [2.45, 2.75) is 32.7 Å². The molecule has 0 fully saturated rings. The van der Waals surface area contributed by atoms with Gasteiger partial charge in [-0.2, -0.15) is 0 Å². The van der Waals surface area contributed by atoms with Crippen molar-refractivity contribution in [1.82, 2.24) is 10.6 Å². The van der Waals surface area contributed by atoms with Gasteiger partial charge in [0.25, 0.3) is 0 Å². The molecule has 14 heavy (non-hydrogen) atoms. The molecule has 0 bridgehead atoms. The van der Waals surface area contributed by atoms with Gasteiger partial charge in [0.1, 0.15) is 0 Å². The largest absolute Gasteiger partial charge is 0.383 e. The molecule has 0 rings (SSSR count). The van der Waals surface area contributed by atoms with E-state index in [9.17, 15) is 4.79 Å². The average Bonchev–Trinajstić information content (AvgIpc) is 2.17. The van der Waals surface area contributed by atoms with E-state index in [1.807, 2.05) is 13.8 Å². The molecule has 0 aromatic heterocycles. The molecule has 84 valence electrons. The first kappa shape index (κ1) is 13.4. The van der Waals surface area contributed by atoms with E-state index in [2.05, 4.69) is 10.6 Å². The molecule has 1 amide bonds. The number of carbonyl (C=O) groups excluding carboxylic acids is 1. The maximum absolute atomic E-state index is 11.4. The fraction of sp³-hybridized carbons (Fsp3) is 0.900. The van der Waals surface area contributed by atoms with Crippen LogP contribution in [0.4, 0.5) is 0 Å². The van der Waals surface area contributed by atoms with Crippen LogP contribution in [0.3, 0.4) is 0 Å². The van der Waals surface area contributed by atoms with Crippen LogP contribution in [0.15, 0.2) is 0 Å². The van der Waals surface area contributed by atoms with Crippen molar-refractivity contribution in [3.63, 3.8) is 0 Å². The summed E-state index contributed by atoms with van der Waals surface area (Å²) in [6, 6.07) is 0.147. The second-order valence-electron chi connectivity index (χ2n) is 3.23. The monoisotopic (exact) mass is 202 g/mol. The number of methoxy groups -OCH3 is 1. The second kappa shape index (κ2) is 8.97. The van der Waals surface area contributed by atoms with Crippen molar-refractivity contribution in [3.8, 4) is 0 Å². The normalized spacial score (nSPS) is 12.5. The standard InChI is InChI=1S/C10H22N2O2/c1-4-9(8-14-3)12-10(13)6-7-11-5-2/h9,11H,4-8H2,1-3H3,(H,12,13). The average molecular weight is 202 g/mol. The number of nitrogens with one attached hydrogen (secondary N) is 2. The second-order valence-corrected chi connectivity index (χ2v) is 3.23. The topological polar surface area (TPSA) is 50.4 Å². The van der Waals surface area contributed by atoms with Gasteiger partial charge in [-0.25, -0.2) is 0 Å². The summed E-state index contributed by atoms with van der Waals surface area (Å²) in [6.45, 7) is 6.30. The van der Waals surface area contributed by atoms with E-state index in [1.165, 1.54) is 0 Å². The molecule has 0 aliphatic rings. The zero-order valence-electron chi connectivity index (χ0n) is 9.43. The predicted octanol–water partition coefficient (Wildman–Crippen LogP) is 0.527. The van der Waals surface area contributed by atoms with E-state index in [0.29, 0.717) is 13.0 Å². The van der Waals surface area contributed by atoms with Crippen LogP contribution in [0.2, 0.25) is 0 Å². The Balaban J connectivity index is 3.56. The summed E-state index contributed by atoms with van der Waals surface area (Å²) in [6.07, 6.45) is 1.44. The Morgan fingerprint density at radius 1 is 1.43 bits per heavy atom. The SMILES string of the molecule is CCNCCC(=O)NC(CC)COC. The van der Waals surface area contributed by atoms with E-state index in [-0.39, 0.29) is 11.9 Å². The van der Waals surface area contributed by atoms with E-state index in [0.717, 1.165) is 19.5 Å². The van der Waals surface area contributed by atoms with Gasteiger partial charge in [0, 0.05) is 20.1 Å². The first-order chi connectivity index (χ1) is 6.74. The number of hydrogen-bond donors (Lipinski definition) is 2. The predicted molar refractivity (Wildman–Crippen MR) is 57.3 cm³/mol. The summed E-state index contributed by atoms with van der Waals surface area (Å²) in [5.41, 5.74) is 0. The minimum absolute atomic E-state index is 0.0925. The van der Waals surface area contributed by atoms with Crippen molar-refractivity contribution in [2.75, 3.05) is 26.8 Å². The highest BCUT2D eigenvalue weighted by Crippen LogP contribution is 1.92. The first-order valence-electron chi connectivity index (χ1n) is 5.23. The molecule has 0 radical (unpaired) electrons. The molecular formula is C10H22N2O2. The maximum atomic E-state index is 11.4. The van der Waals surface area contributed by atoms with Crippen LogP contribution in [0, 0.1) is 0 Å². The van der Waals surface area contributed by atoms with Crippen LogP contribution in [-0.4, -0.2) is 38.8 Å². The molecule has 0 heterocycles. The lowest BCUT2D eigenvalue weighted by molar-refractivity contribution is -0.122. The highest BCUT2D eigenvalue weighted by Gasteiger charge is 2.08. The Kier molecular flexibility index (Phi) is 8.57. The number of rotatable bonds is 8. The van der Waals surface area contributed by atoms with Crippen molar-refractivity contribution in [2.24, 2.45) is 0 Å². The summed E-state index contributed by atoms with van der Waals surface area (Å²) in [4.78, 5) is 11.4. The highest BCUT2D eigenvalue weighted by molar-refractivity contribution is 5.76. The van der Waals surface area contributed by atoms with Gasteiger partial charge in [-0.3, -0.25) is 4.79 Å².